The van der Waals surface area contributed by atoms with E-state index in [1.54, 1.807) is 0 Å². The maximum atomic E-state index is 11.8. The molecule has 1 spiro atoms. The largest absolute Gasteiger partial charge is 0.461 e. The van der Waals surface area contributed by atoms with Crippen LogP contribution >= 0.6 is 0 Å². The van der Waals surface area contributed by atoms with Crippen LogP contribution in [0.5, 0.6) is 0 Å². The predicted molar refractivity (Wildman–Crippen MR) is 74.1 cm³/mol. The Balaban J connectivity index is 1.88. The molecule has 3 aliphatic heterocycles. The zero-order valence-electron chi connectivity index (χ0n) is 11.7. The zero-order valence-corrected chi connectivity index (χ0v) is 11.7. The highest BCUT2D eigenvalue weighted by Gasteiger charge is 2.52. The van der Waals surface area contributed by atoms with Gasteiger partial charge in [-0.2, -0.15) is 0 Å². The Morgan fingerprint density at radius 2 is 2.25 bits per heavy atom. The summed E-state index contributed by atoms with van der Waals surface area (Å²) in [5.41, 5.74) is 3.85. The summed E-state index contributed by atoms with van der Waals surface area (Å²) >= 11 is 0. The van der Waals surface area contributed by atoms with Gasteiger partial charge in [-0.05, 0) is 55.4 Å². The van der Waals surface area contributed by atoms with Crippen molar-refractivity contribution in [2.45, 2.75) is 50.2 Å². The number of rotatable bonds is 0. The average molecular weight is 275 g/mol. The highest BCUT2D eigenvalue weighted by Crippen LogP contribution is 2.51. The third-order valence-corrected chi connectivity index (χ3v) is 5.45. The summed E-state index contributed by atoms with van der Waals surface area (Å²) in [5, 5.41) is 10.2. The number of nitrogens with zero attached hydrogens (tertiary/aromatic N) is 1. The Kier molecular flexibility index (Phi) is 2.79. The van der Waals surface area contributed by atoms with Crippen molar-refractivity contribution in [2.24, 2.45) is 0 Å². The van der Waals surface area contributed by atoms with Gasteiger partial charge in [-0.25, -0.2) is 0 Å². The maximum absolute atomic E-state index is 11.8. The lowest BCUT2D eigenvalue weighted by Crippen LogP contribution is -2.51. The molecule has 0 aromatic heterocycles. The van der Waals surface area contributed by atoms with Crippen LogP contribution in [0.1, 0.15) is 38.5 Å². The second-order valence-corrected chi connectivity index (χ2v) is 6.44. The van der Waals surface area contributed by atoms with Crippen molar-refractivity contribution in [3.8, 4) is 0 Å². The lowest BCUT2D eigenvalue weighted by Gasteiger charge is -2.45. The minimum absolute atomic E-state index is 0.105. The Morgan fingerprint density at radius 1 is 1.35 bits per heavy atom. The smallest absolute Gasteiger partial charge is 0.310 e. The van der Waals surface area contributed by atoms with Gasteiger partial charge in [-0.15, -0.1) is 0 Å². The fraction of sp³-hybridized carbons (Fsp3) is 0.688. The number of aliphatic hydroxyl groups is 1. The average Bonchev–Trinajstić information content (AvgIpc) is 2.72. The van der Waals surface area contributed by atoms with E-state index in [2.05, 4.69) is 11.0 Å². The van der Waals surface area contributed by atoms with E-state index in [0.29, 0.717) is 13.0 Å². The normalized spacial score (nSPS) is 37.5. The lowest BCUT2D eigenvalue weighted by molar-refractivity contribution is -0.143. The van der Waals surface area contributed by atoms with Gasteiger partial charge in [0.15, 0.2) is 0 Å². The third-order valence-electron chi connectivity index (χ3n) is 5.45. The van der Waals surface area contributed by atoms with Crippen LogP contribution in [0.2, 0.25) is 0 Å². The maximum Gasteiger partial charge on any atom is 0.310 e. The first-order valence-electron chi connectivity index (χ1n) is 7.70. The van der Waals surface area contributed by atoms with E-state index < -0.39 is 0 Å². The standard InChI is InChI=1S/C16H21NO3/c18-13-4-3-12-5-7-17-6-1-2-11-10-20-15(19)8-14(11)16(12,17)9-13/h3,13,18H,1-2,4-10H2. The van der Waals surface area contributed by atoms with Crippen LogP contribution < -0.4 is 0 Å². The molecule has 0 radical (unpaired) electrons. The Hall–Kier alpha value is -1.13. The van der Waals surface area contributed by atoms with Crippen molar-refractivity contribution >= 4 is 5.97 Å². The summed E-state index contributed by atoms with van der Waals surface area (Å²) in [6.07, 6.45) is 7.11. The Bertz CT molecular complexity index is 522. The molecule has 0 bridgehead atoms. The number of hydrogen-bond donors (Lipinski definition) is 1. The van der Waals surface area contributed by atoms with E-state index in [4.69, 9.17) is 4.74 Å². The van der Waals surface area contributed by atoms with Crippen LogP contribution in [-0.4, -0.2) is 47.3 Å². The van der Waals surface area contributed by atoms with Gasteiger partial charge in [0.2, 0.25) is 0 Å². The monoisotopic (exact) mass is 275 g/mol. The van der Waals surface area contributed by atoms with Crippen LogP contribution in [0.15, 0.2) is 22.8 Å². The summed E-state index contributed by atoms with van der Waals surface area (Å²) < 4.78 is 5.26. The molecule has 4 rings (SSSR count). The number of carbonyl (C=O) groups is 1. The molecule has 1 fully saturated rings. The molecule has 0 aromatic carbocycles. The van der Waals surface area contributed by atoms with Crippen LogP contribution in [0.25, 0.3) is 0 Å². The molecule has 3 heterocycles. The van der Waals surface area contributed by atoms with Gasteiger partial charge in [-0.1, -0.05) is 6.08 Å². The van der Waals surface area contributed by atoms with Crippen LogP contribution in [-0.2, 0) is 9.53 Å². The highest BCUT2D eigenvalue weighted by atomic mass is 16.5. The van der Waals surface area contributed by atoms with Crippen LogP contribution in [0.4, 0.5) is 0 Å². The molecule has 2 unspecified atom stereocenters. The fourth-order valence-electron chi connectivity index (χ4n) is 4.62. The van der Waals surface area contributed by atoms with Crippen molar-refractivity contribution in [1.29, 1.82) is 0 Å². The first-order chi connectivity index (χ1) is 9.70. The van der Waals surface area contributed by atoms with Crippen molar-refractivity contribution < 1.29 is 14.6 Å². The van der Waals surface area contributed by atoms with E-state index >= 15 is 0 Å². The molecule has 108 valence electrons. The van der Waals surface area contributed by atoms with Crippen LogP contribution in [0.3, 0.4) is 0 Å². The molecular formula is C16H21NO3. The van der Waals surface area contributed by atoms with Gasteiger partial charge in [-0.3, -0.25) is 9.69 Å². The molecule has 4 aliphatic rings. The summed E-state index contributed by atoms with van der Waals surface area (Å²) in [6.45, 7) is 2.59. The third kappa shape index (κ3) is 1.64. The number of aliphatic hydroxyl groups excluding tert-OH is 1. The van der Waals surface area contributed by atoms with Gasteiger partial charge >= 0.3 is 5.97 Å². The second-order valence-electron chi connectivity index (χ2n) is 6.44. The number of carbonyl (C=O) groups excluding carboxylic acids is 1. The molecule has 0 saturated carbocycles. The summed E-state index contributed by atoms with van der Waals surface area (Å²) in [7, 11) is 0. The molecule has 4 heteroatoms. The number of ether oxygens (including phenoxy) is 1. The van der Waals surface area contributed by atoms with Gasteiger partial charge in [0.05, 0.1) is 18.1 Å². The molecule has 20 heavy (non-hydrogen) atoms. The molecule has 1 N–H and O–H groups in total. The summed E-state index contributed by atoms with van der Waals surface area (Å²) in [4.78, 5) is 14.3. The van der Waals surface area contributed by atoms with E-state index in [0.717, 1.165) is 45.2 Å². The van der Waals surface area contributed by atoms with Crippen molar-refractivity contribution in [3.05, 3.63) is 22.8 Å². The summed E-state index contributed by atoms with van der Waals surface area (Å²) in [5.74, 6) is -0.105. The number of cyclic esters (lactones) is 1. The number of hydrogen-bond acceptors (Lipinski definition) is 4. The van der Waals surface area contributed by atoms with Gasteiger partial charge in [0.1, 0.15) is 6.61 Å². The first kappa shape index (κ1) is 12.6. The van der Waals surface area contributed by atoms with Crippen molar-refractivity contribution in [3.63, 3.8) is 0 Å². The Morgan fingerprint density at radius 3 is 3.15 bits per heavy atom. The SMILES string of the molecule is O=C1CC2=C(CCCN3CCC4=CCC(O)CC423)CO1. The number of esters is 1. The van der Waals surface area contributed by atoms with E-state index in [-0.39, 0.29) is 17.6 Å². The molecule has 2 atom stereocenters. The zero-order chi connectivity index (χ0) is 13.7. The highest BCUT2D eigenvalue weighted by molar-refractivity contribution is 5.76. The minimum atomic E-state index is -0.288. The topological polar surface area (TPSA) is 49.8 Å². The molecule has 4 nitrogen and oxygen atoms in total. The Labute approximate surface area is 119 Å². The summed E-state index contributed by atoms with van der Waals surface area (Å²) in [6, 6.07) is 0. The molecule has 1 aliphatic carbocycles. The van der Waals surface area contributed by atoms with Gasteiger partial charge in [0, 0.05) is 6.54 Å². The van der Waals surface area contributed by atoms with E-state index in [1.165, 1.54) is 16.7 Å². The van der Waals surface area contributed by atoms with E-state index in [9.17, 15) is 9.90 Å². The van der Waals surface area contributed by atoms with Gasteiger partial charge in [0.25, 0.3) is 0 Å². The first-order valence-corrected chi connectivity index (χ1v) is 7.70. The van der Waals surface area contributed by atoms with Crippen molar-refractivity contribution in [1.82, 2.24) is 4.90 Å². The second kappa shape index (κ2) is 4.43. The fourth-order valence-corrected chi connectivity index (χ4v) is 4.62. The minimum Gasteiger partial charge on any atom is -0.461 e. The quantitative estimate of drug-likeness (QED) is 0.538. The van der Waals surface area contributed by atoms with Crippen LogP contribution in [0, 0.1) is 0 Å². The molecule has 0 amide bonds. The molecule has 1 saturated heterocycles. The van der Waals surface area contributed by atoms with Crippen molar-refractivity contribution in [2.75, 3.05) is 19.7 Å². The molecular weight excluding hydrogens is 254 g/mol. The lowest BCUT2D eigenvalue weighted by atomic mass is 9.71. The van der Waals surface area contributed by atoms with Gasteiger partial charge < -0.3 is 9.84 Å². The molecule has 0 aromatic rings. The predicted octanol–water partition coefficient (Wildman–Crippen LogP) is 1.55. The van der Waals surface area contributed by atoms with E-state index in [1.807, 2.05) is 0 Å².